The average Bonchev–Trinajstić information content (AvgIpc) is 2.51. The van der Waals surface area contributed by atoms with Crippen LogP contribution in [0.2, 0.25) is 0 Å². The highest BCUT2D eigenvalue weighted by Crippen LogP contribution is 2.29. The van der Waals surface area contributed by atoms with Crippen molar-refractivity contribution in [3.05, 3.63) is 34.9 Å². The third-order valence-electron chi connectivity index (χ3n) is 2.70. The Morgan fingerprint density at radius 3 is 2.89 bits per heavy atom. The molecule has 4 N–H and O–H groups in total. The molecule has 1 aromatic rings. The Kier molecular flexibility index (Phi) is 3.32. The normalized spacial score (nSPS) is 13.7. The summed E-state index contributed by atoms with van der Waals surface area (Å²) in [6.45, 7) is 2.41. The molecule has 1 aliphatic heterocycles. The van der Waals surface area contributed by atoms with Crippen LogP contribution in [-0.4, -0.2) is 18.5 Å². The van der Waals surface area contributed by atoms with Crippen LogP contribution in [0.1, 0.15) is 17.5 Å². The number of aliphatic imine (C=N–C) groups is 1. The summed E-state index contributed by atoms with van der Waals surface area (Å²) in [4.78, 5) is 15.3. The molecule has 0 atom stereocenters. The molecular weight excluding hydrogens is 230 g/mol. The van der Waals surface area contributed by atoms with Crippen molar-refractivity contribution in [2.24, 2.45) is 16.5 Å². The van der Waals surface area contributed by atoms with Gasteiger partial charge in [0.2, 0.25) is 0 Å². The van der Waals surface area contributed by atoms with Crippen LogP contribution in [0.5, 0.6) is 5.75 Å². The third-order valence-corrected chi connectivity index (χ3v) is 2.70. The number of nitrogens with two attached hydrogens (primary N) is 2. The Bertz CT molecular complexity index is 543. The molecule has 2 rings (SSSR count). The third kappa shape index (κ3) is 2.51. The Morgan fingerprint density at radius 2 is 2.17 bits per heavy atom. The van der Waals surface area contributed by atoms with Crippen LogP contribution in [0.3, 0.4) is 0 Å². The fraction of sp³-hybridized carbons (Fsp3) is 0.231. The van der Waals surface area contributed by atoms with E-state index in [0.29, 0.717) is 18.6 Å². The average molecular weight is 245 g/mol. The fourth-order valence-corrected chi connectivity index (χ4v) is 1.87. The maximum atomic E-state index is 11.8. The van der Waals surface area contributed by atoms with Gasteiger partial charge in [-0.15, -0.1) is 0 Å². The molecule has 0 saturated carbocycles. The zero-order valence-corrected chi connectivity index (χ0v) is 10.1. The summed E-state index contributed by atoms with van der Waals surface area (Å²) in [5, 5.41) is 0. The molecule has 0 saturated heterocycles. The van der Waals surface area contributed by atoms with E-state index in [1.54, 1.807) is 6.08 Å². The van der Waals surface area contributed by atoms with Crippen molar-refractivity contribution in [1.29, 1.82) is 0 Å². The monoisotopic (exact) mass is 245 g/mol. The van der Waals surface area contributed by atoms with Gasteiger partial charge in [0.15, 0.2) is 5.96 Å². The smallest absolute Gasteiger partial charge is 0.276 e. The number of benzene rings is 1. The number of fused-ring (bicyclic) bond motifs is 1. The van der Waals surface area contributed by atoms with E-state index in [1.807, 2.05) is 25.1 Å². The van der Waals surface area contributed by atoms with Gasteiger partial charge < -0.3 is 16.2 Å². The summed E-state index contributed by atoms with van der Waals surface area (Å²) in [6, 6.07) is 5.79. The molecule has 5 heteroatoms. The molecule has 18 heavy (non-hydrogen) atoms. The van der Waals surface area contributed by atoms with Crippen molar-refractivity contribution in [2.45, 2.75) is 13.3 Å². The quantitative estimate of drug-likeness (QED) is 0.569. The van der Waals surface area contributed by atoms with Gasteiger partial charge in [0.05, 0.1) is 6.61 Å². The minimum Gasteiger partial charge on any atom is -0.492 e. The number of carbonyl (C=O) groups is 1. The number of amides is 1. The standard InChI is InChI=1S/C13H15N3O2/c1-8-3-2-4-9-7-10(5-6-18-11(8)9)12(17)16-13(14)15/h2-4,7H,5-6H2,1H3,(H4,14,15,16,17). The molecule has 0 unspecified atom stereocenters. The second-order valence-electron chi connectivity index (χ2n) is 4.10. The van der Waals surface area contributed by atoms with Crippen LogP contribution < -0.4 is 16.2 Å². The van der Waals surface area contributed by atoms with E-state index in [1.165, 1.54) is 0 Å². The van der Waals surface area contributed by atoms with E-state index in [-0.39, 0.29) is 5.96 Å². The SMILES string of the molecule is Cc1cccc2c1OCCC(C(=O)N=C(N)N)=C2. The zero-order chi connectivity index (χ0) is 13.1. The lowest BCUT2D eigenvalue weighted by molar-refractivity contribution is -0.114. The van der Waals surface area contributed by atoms with Gasteiger partial charge in [-0.25, -0.2) is 0 Å². The van der Waals surface area contributed by atoms with E-state index in [2.05, 4.69) is 4.99 Å². The maximum absolute atomic E-state index is 11.8. The number of hydrogen-bond acceptors (Lipinski definition) is 2. The molecule has 0 aliphatic carbocycles. The Morgan fingerprint density at radius 1 is 1.39 bits per heavy atom. The molecule has 0 spiro atoms. The predicted molar refractivity (Wildman–Crippen MR) is 70.1 cm³/mol. The topological polar surface area (TPSA) is 90.7 Å². The highest BCUT2D eigenvalue weighted by atomic mass is 16.5. The fourth-order valence-electron chi connectivity index (χ4n) is 1.87. The molecule has 94 valence electrons. The number of hydrogen-bond donors (Lipinski definition) is 2. The summed E-state index contributed by atoms with van der Waals surface area (Å²) < 4.78 is 5.65. The molecule has 0 radical (unpaired) electrons. The first-order chi connectivity index (χ1) is 8.58. The lowest BCUT2D eigenvalue weighted by Crippen LogP contribution is -2.24. The number of rotatable bonds is 1. The molecule has 5 nitrogen and oxygen atoms in total. The van der Waals surface area contributed by atoms with Gasteiger partial charge in [0.1, 0.15) is 5.75 Å². The van der Waals surface area contributed by atoms with E-state index in [0.717, 1.165) is 16.9 Å². The molecule has 1 aliphatic rings. The summed E-state index contributed by atoms with van der Waals surface area (Å²) in [5.74, 6) is 0.175. The van der Waals surface area contributed by atoms with Crippen molar-refractivity contribution >= 4 is 17.9 Å². The first-order valence-electron chi connectivity index (χ1n) is 5.65. The number of nitrogens with zero attached hydrogens (tertiary/aromatic N) is 1. The number of ether oxygens (including phenoxy) is 1. The number of guanidine groups is 1. The van der Waals surface area contributed by atoms with Crippen molar-refractivity contribution in [3.63, 3.8) is 0 Å². The molecule has 0 bridgehead atoms. The second kappa shape index (κ2) is 4.91. The van der Waals surface area contributed by atoms with Gasteiger partial charge in [-0.1, -0.05) is 18.2 Å². The van der Waals surface area contributed by atoms with Gasteiger partial charge in [-0.05, 0) is 18.6 Å². The van der Waals surface area contributed by atoms with Crippen LogP contribution in [0, 0.1) is 6.92 Å². The van der Waals surface area contributed by atoms with Crippen molar-refractivity contribution in [3.8, 4) is 5.75 Å². The van der Waals surface area contributed by atoms with E-state index in [9.17, 15) is 4.79 Å². The van der Waals surface area contributed by atoms with E-state index < -0.39 is 5.91 Å². The Hall–Kier alpha value is -2.30. The van der Waals surface area contributed by atoms with Gasteiger partial charge in [-0.3, -0.25) is 4.79 Å². The van der Waals surface area contributed by atoms with Crippen LogP contribution >= 0.6 is 0 Å². The first kappa shape index (κ1) is 12.2. The molecule has 1 amide bonds. The number of carbonyl (C=O) groups excluding carboxylic acids is 1. The largest absolute Gasteiger partial charge is 0.492 e. The minimum absolute atomic E-state index is 0.226. The molecular formula is C13H15N3O2. The first-order valence-corrected chi connectivity index (χ1v) is 5.65. The summed E-state index contributed by atoms with van der Waals surface area (Å²) in [6.07, 6.45) is 2.27. The molecule has 0 aromatic heterocycles. The second-order valence-corrected chi connectivity index (χ2v) is 4.10. The Labute approximate surface area is 105 Å². The lowest BCUT2D eigenvalue weighted by atomic mass is 10.1. The van der Waals surface area contributed by atoms with E-state index in [4.69, 9.17) is 16.2 Å². The molecule has 1 heterocycles. The van der Waals surface area contributed by atoms with Gasteiger partial charge in [-0.2, -0.15) is 4.99 Å². The number of para-hydroxylation sites is 1. The lowest BCUT2D eigenvalue weighted by Gasteiger charge is -2.08. The van der Waals surface area contributed by atoms with Crippen LogP contribution in [-0.2, 0) is 4.79 Å². The van der Waals surface area contributed by atoms with Crippen molar-refractivity contribution in [2.75, 3.05) is 6.61 Å². The molecule has 0 fully saturated rings. The van der Waals surface area contributed by atoms with Crippen LogP contribution in [0.4, 0.5) is 0 Å². The minimum atomic E-state index is -0.409. The van der Waals surface area contributed by atoms with Gasteiger partial charge in [0.25, 0.3) is 5.91 Å². The van der Waals surface area contributed by atoms with Crippen molar-refractivity contribution in [1.82, 2.24) is 0 Å². The highest BCUT2D eigenvalue weighted by molar-refractivity contribution is 6.04. The maximum Gasteiger partial charge on any atom is 0.276 e. The summed E-state index contributed by atoms with van der Waals surface area (Å²) in [7, 11) is 0. The Balaban J connectivity index is 2.40. The molecule has 1 aromatic carbocycles. The zero-order valence-electron chi connectivity index (χ0n) is 10.1. The highest BCUT2D eigenvalue weighted by Gasteiger charge is 2.16. The van der Waals surface area contributed by atoms with Crippen LogP contribution in [0.15, 0.2) is 28.8 Å². The summed E-state index contributed by atoms with van der Waals surface area (Å²) >= 11 is 0. The summed E-state index contributed by atoms with van der Waals surface area (Å²) in [5.41, 5.74) is 12.9. The van der Waals surface area contributed by atoms with Gasteiger partial charge >= 0.3 is 0 Å². The van der Waals surface area contributed by atoms with Crippen LogP contribution in [0.25, 0.3) is 6.08 Å². The van der Waals surface area contributed by atoms with Gasteiger partial charge in [0, 0.05) is 17.6 Å². The van der Waals surface area contributed by atoms with E-state index >= 15 is 0 Å². The predicted octanol–water partition coefficient (Wildman–Crippen LogP) is 0.961. The van der Waals surface area contributed by atoms with Crippen molar-refractivity contribution < 1.29 is 9.53 Å². The number of aryl methyl sites for hydroxylation is 1.